The Balaban J connectivity index is 1.81. The quantitative estimate of drug-likeness (QED) is 0.408. The summed E-state index contributed by atoms with van der Waals surface area (Å²) in [5.74, 6) is 0.676. The molecule has 0 saturated carbocycles. The van der Waals surface area contributed by atoms with Gasteiger partial charge in [-0.25, -0.2) is 9.78 Å². The molecule has 27 heavy (non-hydrogen) atoms. The van der Waals surface area contributed by atoms with E-state index in [9.17, 15) is 14.9 Å². The molecule has 144 valence electrons. The van der Waals surface area contributed by atoms with Gasteiger partial charge in [0.1, 0.15) is 24.4 Å². The second-order valence-electron chi connectivity index (χ2n) is 6.15. The van der Waals surface area contributed by atoms with Crippen LogP contribution in [0.5, 0.6) is 5.75 Å². The number of aromatic nitrogens is 1. The van der Waals surface area contributed by atoms with E-state index in [2.05, 4.69) is 10.3 Å². The maximum absolute atomic E-state index is 11.9. The van der Waals surface area contributed by atoms with Gasteiger partial charge in [0.05, 0.1) is 11.0 Å². The lowest BCUT2D eigenvalue weighted by molar-refractivity contribution is -0.385. The molecule has 0 amide bonds. The molecule has 1 aromatic heterocycles. The van der Waals surface area contributed by atoms with E-state index in [-0.39, 0.29) is 24.9 Å². The Labute approximate surface area is 157 Å². The summed E-state index contributed by atoms with van der Waals surface area (Å²) in [5.41, 5.74) is 1.92. The van der Waals surface area contributed by atoms with Crippen LogP contribution in [0.2, 0.25) is 0 Å². The van der Waals surface area contributed by atoms with Crippen LogP contribution in [0.25, 0.3) is 0 Å². The molecule has 0 aliphatic heterocycles. The molecule has 1 atom stereocenters. The molecule has 0 radical (unpaired) electrons. The maximum Gasteiger partial charge on any atom is 0.344 e. The molecular formula is C19H23N3O5. The fraction of sp³-hybridized carbons (Fsp3) is 0.368. The van der Waals surface area contributed by atoms with Gasteiger partial charge in [0.2, 0.25) is 0 Å². The summed E-state index contributed by atoms with van der Waals surface area (Å²) >= 11 is 0. The molecule has 0 saturated heterocycles. The summed E-state index contributed by atoms with van der Waals surface area (Å²) in [5, 5.41) is 13.7. The minimum atomic E-state index is -0.508. The number of nitro groups is 1. The van der Waals surface area contributed by atoms with Crippen LogP contribution >= 0.6 is 0 Å². The molecule has 8 heteroatoms. The highest BCUT2D eigenvalue weighted by Crippen LogP contribution is 2.19. The fourth-order valence-corrected chi connectivity index (χ4v) is 2.28. The number of hydrogen-bond acceptors (Lipinski definition) is 7. The van der Waals surface area contributed by atoms with Crippen LogP contribution in [0, 0.1) is 24.0 Å². The monoisotopic (exact) mass is 373 g/mol. The van der Waals surface area contributed by atoms with Crippen molar-refractivity contribution in [3.63, 3.8) is 0 Å². The van der Waals surface area contributed by atoms with Crippen molar-refractivity contribution < 1.29 is 19.2 Å². The number of anilines is 1. The first-order valence-electron chi connectivity index (χ1n) is 8.61. The summed E-state index contributed by atoms with van der Waals surface area (Å²) < 4.78 is 10.8. The Morgan fingerprint density at radius 1 is 1.30 bits per heavy atom. The van der Waals surface area contributed by atoms with Crippen molar-refractivity contribution in [2.45, 2.75) is 33.2 Å². The summed E-state index contributed by atoms with van der Waals surface area (Å²) in [6.07, 6.45) is 1.86. The van der Waals surface area contributed by atoms with Gasteiger partial charge in [0.15, 0.2) is 6.61 Å². The zero-order valence-corrected chi connectivity index (χ0v) is 15.6. The number of carbonyl (C=O) groups excluding carboxylic acids is 1. The lowest BCUT2D eigenvalue weighted by atomic mass is 10.1. The van der Waals surface area contributed by atoms with Gasteiger partial charge in [-0.2, -0.15) is 0 Å². The molecule has 1 N–H and O–H groups in total. The molecule has 1 heterocycles. The van der Waals surface area contributed by atoms with E-state index in [1.807, 2.05) is 39.0 Å². The van der Waals surface area contributed by atoms with Crippen LogP contribution < -0.4 is 10.1 Å². The Kier molecular flexibility index (Phi) is 7.10. The van der Waals surface area contributed by atoms with Gasteiger partial charge in [-0.1, -0.05) is 19.1 Å². The van der Waals surface area contributed by atoms with Crippen LogP contribution in [0.3, 0.4) is 0 Å². The molecule has 8 nitrogen and oxygen atoms in total. The first-order chi connectivity index (χ1) is 12.9. The predicted molar refractivity (Wildman–Crippen MR) is 101 cm³/mol. The van der Waals surface area contributed by atoms with Gasteiger partial charge in [-0.05, 0) is 43.5 Å². The number of aryl methyl sites for hydroxylation is 2. The molecule has 0 bridgehead atoms. The number of benzene rings is 1. The normalized spacial score (nSPS) is 11.5. The third kappa shape index (κ3) is 6.25. The number of hydrogen-bond donors (Lipinski definition) is 1. The smallest absolute Gasteiger partial charge is 0.344 e. The first-order valence-corrected chi connectivity index (χ1v) is 8.61. The van der Waals surface area contributed by atoms with Crippen molar-refractivity contribution in [1.82, 2.24) is 4.98 Å². The average Bonchev–Trinajstić information content (AvgIpc) is 2.66. The number of esters is 1. The highest BCUT2D eigenvalue weighted by Gasteiger charge is 2.13. The van der Waals surface area contributed by atoms with Gasteiger partial charge in [0.25, 0.3) is 5.69 Å². The Morgan fingerprint density at radius 2 is 2.07 bits per heavy atom. The topological polar surface area (TPSA) is 104 Å². The second kappa shape index (κ2) is 9.51. The van der Waals surface area contributed by atoms with E-state index in [0.29, 0.717) is 18.0 Å². The van der Waals surface area contributed by atoms with E-state index in [1.165, 1.54) is 18.3 Å². The van der Waals surface area contributed by atoms with Gasteiger partial charge in [0, 0.05) is 6.07 Å². The van der Waals surface area contributed by atoms with Crippen molar-refractivity contribution in [2.24, 2.45) is 0 Å². The van der Waals surface area contributed by atoms with Crippen LogP contribution in [0.15, 0.2) is 36.5 Å². The van der Waals surface area contributed by atoms with Crippen LogP contribution in [-0.2, 0) is 9.53 Å². The van der Waals surface area contributed by atoms with Gasteiger partial charge >= 0.3 is 5.97 Å². The third-order valence-electron chi connectivity index (χ3n) is 3.94. The number of carbonyl (C=O) groups is 1. The van der Waals surface area contributed by atoms with Crippen LogP contribution in [0.1, 0.15) is 24.5 Å². The van der Waals surface area contributed by atoms with Crippen molar-refractivity contribution in [2.75, 3.05) is 18.5 Å². The van der Waals surface area contributed by atoms with Crippen molar-refractivity contribution in [3.8, 4) is 5.75 Å². The Morgan fingerprint density at radius 3 is 2.70 bits per heavy atom. The Bertz CT molecular complexity index is 792. The molecule has 0 spiro atoms. The van der Waals surface area contributed by atoms with E-state index in [4.69, 9.17) is 9.47 Å². The van der Waals surface area contributed by atoms with Crippen molar-refractivity contribution in [3.05, 3.63) is 57.8 Å². The summed E-state index contributed by atoms with van der Waals surface area (Å²) in [4.78, 5) is 26.1. The molecule has 2 rings (SSSR count). The molecule has 0 fully saturated rings. The van der Waals surface area contributed by atoms with E-state index >= 15 is 0 Å². The number of nitrogens with one attached hydrogen (secondary N) is 1. The van der Waals surface area contributed by atoms with Crippen LogP contribution in [0.4, 0.5) is 11.5 Å². The number of ether oxygens (including phenoxy) is 2. The minimum absolute atomic E-state index is 0.0800. The first kappa shape index (κ1) is 20.2. The van der Waals surface area contributed by atoms with Gasteiger partial charge in [-0.15, -0.1) is 0 Å². The molecule has 2 aromatic rings. The summed E-state index contributed by atoms with van der Waals surface area (Å²) in [6, 6.07) is 8.51. The summed E-state index contributed by atoms with van der Waals surface area (Å²) in [6.45, 7) is 5.77. The van der Waals surface area contributed by atoms with E-state index in [1.54, 1.807) is 0 Å². The zero-order chi connectivity index (χ0) is 19.8. The second-order valence-corrected chi connectivity index (χ2v) is 6.15. The lowest BCUT2D eigenvalue weighted by Crippen LogP contribution is -2.28. The lowest BCUT2D eigenvalue weighted by Gasteiger charge is -2.17. The third-order valence-corrected chi connectivity index (χ3v) is 3.94. The van der Waals surface area contributed by atoms with Crippen LogP contribution in [-0.4, -0.2) is 35.1 Å². The van der Waals surface area contributed by atoms with E-state index in [0.717, 1.165) is 11.1 Å². The van der Waals surface area contributed by atoms with Gasteiger partial charge < -0.3 is 14.8 Å². The number of rotatable bonds is 9. The van der Waals surface area contributed by atoms with Gasteiger partial charge in [-0.3, -0.25) is 10.1 Å². The van der Waals surface area contributed by atoms with Crippen molar-refractivity contribution in [1.29, 1.82) is 0 Å². The number of nitrogens with zero attached hydrogens (tertiary/aromatic N) is 2. The standard InChI is InChI=1S/C19H23N3O5/c1-4-15(21-18-8-7-16(10-20-18)22(24)25)11-27-19(23)12-26-17-9-13(2)5-6-14(17)3/h5-10,15H,4,11-12H2,1-3H3,(H,20,21). The largest absolute Gasteiger partial charge is 0.482 e. The van der Waals surface area contributed by atoms with Crippen molar-refractivity contribution >= 4 is 17.5 Å². The molecular weight excluding hydrogens is 350 g/mol. The number of pyridine rings is 1. The predicted octanol–water partition coefficient (Wildman–Crippen LogP) is 3.42. The molecule has 0 aliphatic rings. The fourth-order valence-electron chi connectivity index (χ4n) is 2.28. The SMILES string of the molecule is CCC(COC(=O)COc1cc(C)ccc1C)Nc1ccc([N+](=O)[O-])cn1. The van der Waals surface area contributed by atoms with E-state index < -0.39 is 10.9 Å². The molecule has 1 unspecified atom stereocenters. The Hall–Kier alpha value is -3.16. The summed E-state index contributed by atoms with van der Waals surface area (Å²) in [7, 11) is 0. The molecule has 1 aromatic carbocycles. The average molecular weight is 373 g/mol. The minimum Gasteiger partial charge on any atom is -0.482 e. The molecule has 0 aliphatic carbocycles. The highest BCUT2D eigenvalue weighted by molar-refractivity contribution is 5.71. The highest BCUT2D eigenvalue weighted by atomic mass is 16.6. The zero-order valence-electron chi connectivity index (χ0n) is 15.6. The maximum atomic E-state index is 11.9.